The number of rotatable bonds is 4. The van der Waals surface area contributed by atoms with Crippen LogP contribution in [-0.2, 0) is 13.5 Å². The third-order valence-corrected chi connectivity index (χ3v) is 2.00. The van der Waals surface area contributed by atoms with Gasteiger partial charge in [-0.25, -0.2) is 0 Å². The second-order valence-corrected chi connectivity index (χ2v) is 5.01. The maximum absolute atomic E-state index is 4.13. The summed E-state index contributed by atoms with van der Waals surface area (Å²) in [4.78, 5) is 0. The molecule has 1 N–H and O–H groups in total. The molecule has 0 saturated heterocycles. The third-order valence-electron chi connectivity index (χ3n) is 2.00. The highest BCUT2D eigenvalue weighted by Gasteiger charge is 2.08. The maximum atomic E-state index is 4.13. The molecule has 0 unspecified atom stereocenters. The van der Waals surface area contributed by atoms with Gasteiger partial charge in [-0.1, -0.05) is 20.8 Å². The molecule has 0 aliphatic rings. The zero-order valence-electron chi connectivity index (χ0n) is 9.67. The minimum atomic E-state index is 0.370. The van der Waals surface area contributed by atoms with Crippen LogP contribution in [0.2, 0.25) is 0 Å². The van der Waals surface area contributed by atoms with Crippen LogP contribution in [0.3, 0.4) is 0 Å². The fraction of sp³-hybridized carbons (Fsp3) is 0.727. The number of aromatic nitrogens is 2. The molecule has 1 aromatic heterocycles. The van der Waals surface area contributed by atoms with Crippen LogP contribution in [0.25, 0.3) is 0 Å². The number of hydrogen-bond acceptors (Lipinski definition) is 2. The Morgan fingerprint density at radius 1 is 1.43 bits per heavy atom. The van der Waals surface area contributed by atoms with Crippen molar-refractivity contribution in [3.63, 3.8) is 0 Å². The van der Waals surface area contributed by atoms with E-state index in [0.29, 0.717) is 5.41 Å². The molecule has 0 radical (unpaired) electrons. The Morgan fingerprint density at radius 2 is 2.14 bits per heavy atom. The van der Waals surface area contributed by atoms with E-state index in [1.165, 1.54) is 5.56 Å². The minimum Gasteiger partial charge on any atom is -0.316 e. The highest BCUT2D eigenvalue weighted by atomic mass is 15.2. The molecule has 3 nitrogen and oxygen atoms in total. The molecule has 0 bridgehead atoms. The van der Waals surface area contributed by atoms with Crippen molar-refractivity contribution < 1.29 is 0 Å². The van der Waals surface area contributed by atoms with Gasteiger partial charge in [-0.2, -0.15) is 5.10 Å². The Labute approximate surface area is 86.5 Å². The Balaban J connectivity index is 2.16. The lowest BCUT2D eigenvalue weighted by Crippen LogP contribution is -2.28. The molecule has 3 heteroatoms. The van der Waals surface area contributed by atoms with Crippen molar-refractivity contribution in [2.24, 2.45) is 12.5 Å². The van der Waals surface area contributed by atoms with Crippen molar-refractivity contribution in [2.75, 3.05) is 13.1 Å². The molecule has 14 heavy (non-hydrogen) atoms. The van der Waals surface area contributed by atoms with Crippen molar-refractivity contribution in [1.82, 2.24) is 15.1 Å². The second kappa shape index (κ2) is 4.60. The van der Waals surface area contributed by atoms with E-state index in [4.69, 9.17) is 0 Å². The molecule has 0 amide bonds. The van der Waals surface area contributed by atoms with E-state index in [1.807, 2.05) is 17.9 Å². The van der Waals surface area contributed by atoms with E-state index in [1.54, 1.807) is 0 Å². The monoisotopic (exact) mass is 195 g/mol. The molecule has 1 aromatic rings. The molecule has 0 aliphatic carbocycles. The van der Waals surface area contributed by atoms with Gasteiger partial charge in [0.2, 0.25) is 0 Å². The van der Waals surface area contributed by atoms with Gasteiger partial charge < -0.3 is 5.32 Å². The van der Waals surface area contributed by atoms with E-state index in [2.05, 4.69) is 37.4 Å². The Morgan fingerprint density at radius 3 is 2.64 bits per heavy atom. The Kier molecular flexibility index (Phi) is 3.69. The summed E-state index contributed by atoms with van der Waals surface area (Å²) in [7, 11) is 1.95. The van der Waals surface area contributed by atoms with Crippen LogP contribution in [0, 0.1) is 5.41 Å². The third kappa shape index (κ3) is 4.42. The summed E-state index contributed by atoms with van der Waals surface area (Å²) in [5.74, 6) is 0. The average molecular weight is 195 g/mol. The zero-order chi connectivity index (χ0) is 10.6. The van der Waals surface area contributed by atoms with Crippen molar-refractivity contribution in [3.8, 4) is 0 Å². The number of hydrogen-bond donors (Lipinski definition) is 1. The molecule has 1 rings (SSSR count). The average Bonchev–Trinajstić information content (AvgIpc) is 2.44. The molecule has 1 heterocycles. The summed E-state index contributed by atoms with van der Waals surface area (Å²) in [5.41, 5.74) is 1.67. The first-order valence-electron chi connectivity index (χ1n) is 5.16. The predicted molar refractivity (Wildman–Crippen MR) is 59.2 cm³/mol. The molecule has 0 spiro atoms. The van der Waals surface area contributed by atoms with Gasteiger partial charge in [0.1, 0.15) is 0 Å². The molecular weight excluding hydrogens is 174 g/mol. The van der Waals surface area contributed by atoms with Crippen LogP contribution in [0.4, 0.5) is 0 Å². The molecule has 0 fully saturated rings. The summed E-state index contributed by atoms with van der Waals surface area (Å²) in [6.07, 6.45) is 5.06. The van der Waals surface area contributed by atoms with Crippen LogP contribution < -0.4 is 5.32 Å². The van der Waals surface area contributed by atoms with E-state index < -0.39 is 0 Å². The van der Waals surface area contributed by atoms with Gasteiger partial charge in [-0.15, -0.1) is 0 Å². The fourth-order valence-electron chi connectivity index (χ4n) is 1.30. The Bertz CT molecular complexity index is 270. The highest BCUT2D eigenvalue weighted by molar-refractivity contribution is 5.03. The van der Waals surface area contributed by atoms with Crippen molar-refractivity contribution in [1.29, 1.82) is 0 Å². The minimum absolute atomic E-state index is 0.370. The lowest BCUT2D eigenvalue weighted by atomic mass is 9.97. The van der Waals surface area contributed by atoms with Crippen LogP contribution in [0.1, 0.15) is 26.3 Å². The first kappa shape index (κ1) is 11.2. The summed E-state index contributed by atoms with van der Waals surface area (Å²) < 4.78 is 1.85. The normalized spacial score (nSPS) is 12.0. The summed E-state index contributed by atoms with van der Waals surface area (Å²) in [5, 5.41) is 7.58. The van der Waals surface area contributed by atoms with Crippen LogP contribution in [0.15, 0.2) is 12.4 Å². The van der Waals surface area contributed by atoms with Gasteiger partial charge in [0.15, 0.2) is 0 Å². The SMILES string of the molecule is Cn1cc(CCNCC(C)(C)C)cn1. The van der Waals surface area contributed by atoms with Crippen molar-refractivity contribution in [3.05, 3.63) is 18.0 Å². The lowest BCUT2D eigenvalue weighted by molar-refractivity contribution is 0.381. The molecule has 0 saturated carbocycles. The van der Waals surface area contributed by atoms with Gasteiger partial charge in [-0.3, -0.25) is 4.68 Å². The summed E-state index contributed by atoms with van der Waals surface area (Å²) in [6.45, 7) is 8.81. The number of nitrogens with one attached hydrogen (secondary N) is 1. The summed E-state index contributed by atoms with van der Waals surface area (Å²) >= 11 is 0. The quantitative estimate of drug-likeness (QED) is 0.740. The maximum Gasteiger partial charge on any atom is 0.0522 e. The van der Waals surface area contributed by atoms with E-state index in [0.717, 1.165) is 19.5 Å². The topological polar surface area (TPSA) is 29.9 Å². The summed E-state index contributed by atoms with van der Waals surface area (Å²) in [6, 6.07) is 0. The van der Waals surface area contributed by atoms with Gasteiger partial charge in [0.25, 0.3) is 0 Å². The molecular formula is C11H21N3. The standard InChI is InChI=1S/C11H21N3/c1-11(2,3)9-12-6-5-10-7-13-14(4)8-10/h7-8,12H,5-6,9H2,1-4H3. The molecule has 80 valence electrons. The van der Waals surface area contributed by atoms with Crippen LogP contribution in [0.5, 0.6) is 0 Å². The molecule has 0 atom stereocenters. The van der Waals surface area contributed by atoms with E-state index in [-0.39, 0.29) is 0 Å². The molecule has 0 aliphatic heterocycles. The fourth-order valence-corrected chi connectivity index (χ4v) is 1.30. The van der Waals surface area contributed by atoms with Gasteiger partial charge in [-0.05, 0) is 23.9 Å². The zero-order valence-corrected chi connectivity index (χ0v) is 9.67. The lowest BCUT2D eigenvalue weighted by Gasteiger charge is -2.18. The van der Waals surface area contributed by atoms with Crippen LogP contribution in [-0.4, -0.2) is 22.9 Å². The first-order valence-corrected chi connectivity index (χ1v) is 5.16. The smallest absolute Gasteiger partial charge is 0.0522 e. The predicted octanol–water partition coefficient (Wildman–Crippen LogP) is 1.60. The molecule has 0 aromatic carbocycles. The van der Waals surface area contributed by atoms with Gasteiger partial charge in [0.05, 0.1) is 6.20 Å². The van der Waals surface area contributed by atoms with E-state index >= 15 is 0 Å². The second-order valence-electron chi connectivity index (χ2n) is 5.01. The highest BCUT2D eigenvalue weighted by Crippen LogP contribution is 2.10. The Hall–Kier alpha value is -0.830. The van der Waals surface area contributed by atoms with Gasteiger partial charge >= 0.3 is 0 Å². The largest absolute Gasteiger partial charge is 0.316 e. The van der Waals surface area contributed by atoms with Crippen molar-refractivity contribution >= 4 is 0 Å². The number of aryl methyl sites for hydroxylation is 1. The van der Waals surface area contributed by atoms with Crippen molar-refractivity contribution in [2.45, 2.75) is 27.2 Å². The van der Waals surface area contributed by atoms with E-state index in [9.17, 15) is 0 Å². The van der Waals surface area contributed by atoms with Crippen LogP contribution >= 0.6 is 0 Å². The first-order chi connectivity index (χ1) is 6.47. The van der Waals surface area contributed by atoms with Gasteiger partial charge in [0, 0.05) is 19.8 Å². The number of nitrogens with zero attached hydrogens (tertiary/aromatic N) is 2.